The molecule has 4 nitrogen and oxygen atoms in total. The van der Waals surface area contributed by atoms with Gasteiger partial charge in [0.2, 0.25) is 0 Å². The monoisotopic (exact) mass is 260 g/mol. The van der Waals surface area contributed by atoms with E-state index in [-0.39, 0.29) is 18.4 Å². The summed E-state index contributed by atoms with van der Waals surface area (Å²) >= 11 is 0. The molecule has 1 N–H and O–H groups in total. The van der Waals surface area contributed by atoms with Crippen molar-refractivity contribution < 1.29 is 9.59 Å². The smallest absolute Gasteiger partial charge is 0.317 e. The van der Waals surface area contributed by atoms with Crippen molar-refractivity contribution in [2.75, 3.05) is 19.6 Å². The molecule has 0 spiro atoms. The molecule has 2 rings (SSSR count). The van der Waals surface area contributed by atoms with Gasteiger partial charge in [-0.1, -0.05) is 43.2 Å². The third-order valence-corrected chi connectivity index (χ3v) is 3.39. The average molecular weight is 260 g/mol. The lowest BCUT2D eigenvalue weighted by Crippen LogP contribution is -2.42. The summed E-state index contributed by atoms with van der Waals surface area (Å²) in [5, 5.41) is 2.72. The summed E-state index contributed by atoms with van der Waals surface area (Å²) in [5.41, 5.74) is 0.638. The fourth-order valence-electron chi connectivity index (χ4n) is 2.27. The van der Waals surface area contributed by atoms with E-state index in [1.54, 1.807) is 12.1 Å². The molecule has 1 saturated heterocycles. The lowest BCUT2D eigenvalue weighted by atomic mass is 10.1. The minimum absolute atomic E-state index is 0.0521. The summed E-state index contributed by atoms with van der Waals surface area (Å²) in [6.07, 6.45) is 4.49. The minimum Gasteiger partial charge on any atom is -0.331 e. The molecule has 1 heterocycles. The highest BCUT2D eigenvalue weighted by atomic mass is 16.2. The Morgan fingerprint density at radius 2 is 1.63 bits per heavy atom. The van der Waals surface area contributed by atoms with E-state index in [0.717, 1.165) is 25.9 Å². The molecule has 0 aromatic heterocycles. The van der Waals surface area contributed by atoms with Gasteiger partial charge in [-0.3, -0.25) is 4.79 Å². The zero-order valence-corrected chi connectivity index (χ0v) is 11.1. The molecule has 0 unspecified atom stereocenters. The van der Waals surface area contributed by atoms with Gasteiger partial charge in [-0.2, -0.15) is 0 Å². The first kappa shape index (κ1) is 13.6. The van der Waals surface area contributed by atoms with Crippen LogP contribution in [-0.2, 0) is 0 Å². The minimum atomic E-state index is -0.119. The summed E-state index contributed by atoms with van der Waals surface area (Å²) in [4.78, 5) is 25.6. The fourth-order valence-corrected chi connectivity index (χ4v) is 2.27. The molecule has 1 aliphatic heterocycles. The van der Waals surface area contributed by atoms with Crippen molar-refractivity contribution >= 4 is 11.8 Å². The highest BCUT2D eigenvalue weighted by molar-refractivity contribution is 5.99. The van der Waals surface area contributed by atoms with Gasteiger partial charge >= 0.3 is 6.03 Å². The van der Waals surface area contributed by atoms with Crippen LogP contribution >= 0.6 is 0 Å². The SMILES string of the molecule is O=C(CNC(=O)N1CCCCCC1)c1ccccc1. The van der Waals surface area contributed by atoms with Gasteiger partial charge in [0.15, 0.2) is 5.78 Å². The van der Waals surface area contributed by atoms with Crippen LogP contribution in [0.1, 0.15) is 36.0 Å². The first-order chi connectivity index (χ1) is 9.27. The van der Waals surface area contributed by atoms with Crippen LogP contribution in [0.4, 0.5) is 4.79 Å². The molecule has 2 amide bonds. The van der Waals surface area contributed by atoms with Crippen molar-refractivity contribution in [3.05, 3.63) is 35.9 Å². The summed E-state index contributed by atoms with van der Waals surface area (Å²) < 4.78 is 0. The fraction of sp³-hybridized carbons (Fsp3) is 0.467. The number of benzene rings is 1. The number of rotatable bonds is 3. The predicted molar refractivity (Wildman–Crippen MR) is 74.2 cm³/mol. The summed E-state index contributed by atoms with van der Waals surface area (Å²) in [6.45, 7) is 1.66. The summed E-state index contributed by atoms with van der Waals surface area (Å²) in [7, 11) is 0. The molecule has 102 valence electrons. The number of amides is 2. The molecule has 1 aromatic carbocycles. The third-order valence-electron chi connectivity index (χ3n) is 3.39. The predicted octanol–water partition coefficient (Wildman–Crippen LogP) is 2.45. The Morgan fingerprint density at radius 3 is 2.26 bits per heavy atom. The van der Waals surface area contributed by atoms with Gasteiger partial charge in [-0.15, -0.1) is 0 Å². The van der Waals surface area contributed by atoms with Crippen LogP contribution in [0.25, 0.3) is 0 Å². The maximum absolute atomic E-state index is 11.9. The summed E-state index contributed by atoms with van der Waals surface area (Å²) in [5.74, 6) is -0.0521. The number of carbonyl (C=O) groups excluding carboxylic acids is 2. The number of nitrogens with zero attached hydrogens (tertiary/aromatic N) is 1. The number of likely N-dealkylation sites (tertiary alicyclic amines) is 1. The molecule has 0 saturated carbocycles. The van der Waals surface area contributed by atoms with E-state index in [2.05, 4.69) is 5.32 Å². The highest BCUT2D eigenvalue weighted by Gasteiger charge is 2.16. The molecular formula is C15H20N2O2. The van der Waals surface area contributed by atoms with Crippen molar-refractivity contribution in [2.24, 2.45) is 0 Å². The lowest BCUT2D eigenvalue weighted by Gasteiger charge is -2.20. The molecule has 1 aromatic rings. The van der Waals surface area contributed by atoms with Crippen LogP contribution in [0.2, 0.25) is 0 Å². The van der Waals surface area contributed by atoms with Crippen LogP contribution in [0.5, 0.6) is 0 Å². The molecule has 1 fully saturated rings. The van der Waals surface area contributed by atoms with Gasteiger partial charge in [-0.05, 0) is 12.8 Å². The van der Waals surface area contributed by atoms with Crippen LogP contribution in [0.3, 0.4) is 0 Å². The molecule has 0 radical (unpaired) electrons. The average Bonchev–Trinajstić information content (AvgIpc) is 2.74. The molecule has 4 heteroatoms. The quantitative estimate of drug-likeness (QED) is 0.849. The molecule has 19 heavy (non-hydrogen) atoms. The van der Waals surface area contributed by atoms with E-state index in [1.807, 2.05) is 23.1 Å². The zero-order chi connectivity index (χ0) is 13.5. The van der Waals surface area contributed by atoms with Gasteiger partial charge in [0.05, 0.1) is 6.54 Å². The van der Waals surface area contributed by atoms with Crippen LogP contribution in [-0.4, -0.2) is 36.3 Å². The number of hydrogen-bond acceptors (Lipinski definition) is 2. The van der Waals surface area contributed by atoms with Crippen molar-refractivity contribution in [1.29, 1.82) is 0 Å². The standard InChI is InChI=1S/C15H20N2O2/c18-14(13-8-4-3-5-9-13)12-16-15(19)17-10-6-1-2-7-11-17/h3-5,8-9H,1-2,6-7,10-12H2,(H,16,19). The second kappa shape index (κ2) is 6.92. The van der Waals surface area contributed by atoms with Crippen LogP contribution in [0.15, 0.2) is 30.3 Å². The van der Waals surface area contributed by atoms with Gasteiger partial charge in [0.1, 0.15) is 0 Å². The Kier molecular flexibility index (Phi) is 4.95. The van der Waals surface area contributed by atoms with Crippen molar-refractivity contribution in [3.63, 3.8) is 0 Å². The maximum Gasteiger partial charge on any atom is 0.317 e. The number of nitrogens with one attached hydrogen (secondary N) is 1. The van der Waals surface area contributed by atoms with E-state index in [4.69, 9.17) is 0 Å². The molecule has 1 aliphatic rings. The number of urea groups is 1. The molecule has 0 bridgehead atoms. The van der Waals surface area contributed by atoms with Gasteiger partial charge < -0.3 is 10.2 Å². The van der Waals surface area contributed by atoms with Gasteiger partial charge in [0, 0.05) is 18.7 Å². The number of ketones is 1. The Morgan fingerprint density at radius 1 is 1.00 bits per heavy atom. The summed E-state index contributed by atoms with van der Waals surface area (Å²) in [6, 6.07) is 8.92. The Hall–Kier alpha value is -1.84. The largest absolute Gasteiger partial charge is 0.331 e. The zero-order valence-electron chi connectivity index (χ0n) is 11.1. The highest BCUT2D eigenvalue weighted by Crippen LogP contribution is 2.09. The van der Waals surface area contributed by atoms with Crippen molar-refractivity contribution in [1.82, 2.24) is 10.2 Å². The van der Waals surface area contributed by atoms with E-state index in [1.165, 1.54) is 12.8 Å². The van der Waals surface area contributed by atoms with Gasteiger partial charge in [0.25, 0.3) is 0 Å². The lowest BCUT2D eigenvalue weighted by molar-refractivity contribution is 0.0989. The molecule has 0 aliphatic carbocycles. The second-order valence-electron chi connectivity index (χ2n) is 4.85. The van der Waals surface area contributed by atoms with Crippen molar-refractivity contribution in [2.45, 2.75) is 25.7 Å². The Bertz CT molecular complexity index is 423. The van der Waals surface area contributed by atoms with Gasteiger partial charge in [-0.25, -0.2) is 4.79 Å². The van der Waals surface area contributed by atoms with Crippen molar-refractivity contribution in [3.8, 4) is 0 Å². The Balaban J connectivity index is 1.81. The molecular weight excluding hydrogens is 240 g/mol. The van der Waals surface area contributed by atoms with Crippen LogP contribution in [0, 0.1) is 0 Å². The third kappa shape index (κ3) is 4.09. The number of carbonyl (C=O) groups is 2. The Labute approximate surface area is 113 Å². The number of hydrogen-bond donors (Lipinski definition) is 1. The van der Waals surface area contributed by atoms with E-state index in [0.29, 0.717) is 5.56 Å². The normalized spacial score (nSPS) is 15.7. The van der Waals surface area contributed by atoms with E-state index in [9.17, 15) is 9.59 Å². The first-order valence-corrected chi connectivity index (χ1v) is 6.88. The maximum atomic E-state index is 11.9. The topological polar surface area (TPSA) is 49.4 Å². The second-order valence-corrected chi connectivity index (χ2v) is 4.85. The molecule has 0 atom stereocenters. The van der Waals surface area contributed by atoms with E-state index >= 15 is 0 Å². The van der Waals surface area contributed by atoms with E-state index < -0.39 is 0 Å². The van der Waals surface area contributed by atoms with Crippen LogP contribution < -0.4 is 5.32 Å². The first-order valence-electron chi connectivity index (χ1n) is 6.88. The number of Topliss-reactive ketones (excluding diaryl/α,β-unsaturated/α-hetero) is 1.